The zero-order valence-electron chi connectivity index (χ0n) is 9.10. The van der Waals surface area contributed by atoms with Crippen molar-refractivity contribution in [3.05, 3.63) is 30.3 Å². The average Bonchev–Trinajstić information content (AvgIpc) is 2.68. The van der Waals surface area contributed by atoms with E-state index in [4.69, 9.17) is 0 Å². The number of hydrogen-bond acceptors (Lipinski definition) is 3. The first-order chi connectivity index (χ1) is 7.25. The van der Waals surface area contributed by atoms with E-state index in [1.807, 2.05) is 30.0 Å². The largest absolute Gasteiger partial charge is 0.335 e. The van der Waals surface area contributed by atoms with Crippen LogP contribution in [0.5, 0.6) is 0 Å². The molecule has 0 aliphatic carbocycles. The molecule has 1 aromatic rings. The molecule has 15 heavy (non-hydrogen) atoms. The van der Waals surface area contributed by atoms with Crippen LogP contribution in [0.15, 0.2) is 35.3 Å². The Balaban J connectivity index is 2.00. The van der Waals surface area contributed by atoms with Crippen molar-refractivity contribution in [2.75, 3.05) is 11.1 Å². The highest BCUT2D eigenvalue weighted by molar-refractivity contribution is 8.14. The summed E-state index contributed by atoms with van der Waals surface area (Å²) in [7, 11) is 0. The Kier molecular flexibility index (Phi) is 3.31. The summed E-state index contributed by atoms with van der Waals surface area (Å²) in [6.45, 7) is 4.44. The maximum atomic E-state index is 4.65. The minimum atomic E-state index is 0.473. The summed E-state index contributed by atoms with van der Waals surface area (Å²) < 4.78 is 0. The summed E-state index contributed by atoms with van der Waals surface area (Å²) in [6.07, 6.45) is 0. The quantitative estimate of drug-likeness (QED) is 0.827. The van der Waals surface area contributed by atoms with Gasteiger partial charge in [-0.15, -0.1) is 0 Å². The first-order valence-electron chi connectivity index (χ1n) is 5.28. The van der Waals surface area contributed by atoms with Crippen LogP contribution in [0, 0.1) is 5.92 Å². The fraction of sp³-hybridized carbons (Fsp3) is 0.417. The fourth-order valence-electron chi connectivity index (χ4n) is 1.44. The van der Waals surface area contributed by atoms with Gasteiger partial charge in [-0.2, -0.15) is 0 Å². The number of thioether (sulfide) groups is 1. The number of hydrogen-bond donors (Lipinski definition) is 1. The standard InChI is InChI=1S/C12H16N2S/c1-9(2)11-8-15-12(14-11)13-10-6-4-3-5-7-10/h3-7,9,11H,8H2,1-2H3,(H,13,14). The maximum Gasteiger partial charge on any atom is 0.161 e. The lowest BCUT2D eigenvalue weighted by Crippen LogP contribution is -2.12. The van der Waals surface area contributed by atoms with Gasteiger partial charge in [0.15, 0.2) is 5.17 Å². The molecule has 1 heterocycles. The molecule has 1 unspecified atom stereocenters. The molecule has 0 spiro atoms. The third-order valence-electron chi connectivity index (χ3n) is 2.47. The van der Waals surface area contributed by atoms with Crippen molar-refractivity contribution in [3.63, 3.8) is 0 Å². The zero-order chi connectivity index (χ0) is 10.7. The smallest absolute Gasteiger partial charge is 0.161 e. The molecule has 0 saturated carbocycles. The van der Waals surface area contributed by atoms with Gasteiger partial charge in [0, 0.05) is 11.4 Å². The molecule has 3 heteroatoms. The van der Waals surface area contributed by atoms with Crippen LogP contribution in [0.2, 0.25) is 0 Å². The van der Waals surface area contributed by atoms with Crippen molar-refractivity contribution in [1.82, 2.24) is 0 Å². The second-order valence-electron chi connectivity index (χ2n) is 4.05. The van der Waals surface area contributed by atoms with Crippen LogP contribution < -0.4 is 5.32 Å². The van der Waals surface area contributed by atoms with Gasteiger partial charge in [0.1, 0.15) is 0 Å². The lowest BCUT2D eigenvalue weighted by Gasteiger charge is -2.08. The molecule has 0 fully saturated rings. The van der Waals surface area contributed by atoms with Gasteiger partial charge in [-0.25, -0.2) is 0 Å². The van der Waals surface area contributed by atoms with Crippen LogP contribution in [0.4, 0.5) is 5.69 Å². The topological polar surface area (TPSA) is 24.4 Å². The van der Waals surface area contributed by atoms with Gasteiger partial charge in [0.05, 0.1) is 6.04 Å². The number of aliphatic imine (C=N–C) groups is 1. The van der Waals surface area contributed by atoms with Crippen LogP contribution in [0.3, 0.4) is 0 Å². The van der Waals surface area contributed by atoms with Crippen molar-refractivity contribution in [2.45, 2.75) is 19.9 Å². The van der Waals surface area contributed by atoms with E-state index in [0.29, 0.717) is 12.0 Å². The summed E-state index contributed by atoms with van der Waals surface area (Å²) in [5, 5.41) is 4.39. The van der Waals surface area contributed by atoms with E-state index in [9.17, 15) is 0 Å². The van der Waals surface area contributed by atoms with Crippen molar-refractivity contribution >= 4 is 22.6 Å². The summed E-state index contributed by atoms with van der Waals surface area (Å²) in [4.78, 5) is 4.65. The van der Waals surface area contributed by atoms with Gasteiger partial charge in [-0.05, 0) is 18.1 Å². The number of anilines is 1. The molecule has 80 valence electrons. The molecule has 2 rings (SSSR count). The van der Waals surface area contributed by atoms with Crippen LogP contribution in [-0.4, -0.2) is 17.0 Å². The van der Waals surface area contributed by atoms with Gasteiger partial charge >= 0.3 is 0 Å². The monoisotopic (exact) mass is 220 g/mol. The van der Waals surface area contributed by atoms with Crippen LogP contribution in [0.25, 0.3) is 0 Å². The van der Waals surface area contributed by atoms with Gasteiger partial charge < -0.3 is 5.32 Å². The first-order valence-corrected chi connectivity index (χ1v) is 6.27. The van der Waals surface area contributed by atoms with E-state index >= 15 is 0 Å². The van der Waals surface area contributed by atoms with Crippen molar-refractivity contribution < 1.29 is 0 Å². The summed E-state index contributed by atoms with van der Waals surface area (Å²) in [5.74, 6) is 1.74. The molecule has 1 aliphatic rings. The zero-order valence-corrected chi connectivity index (χ0v) is 9.92. The van der Waals surface area contributed by atoms with Crippen molar-refractivity contribution in [3.8, 4) is 0 Å². The van der Waals surface area contributed by atoms with Gasteiger partial charge in [0.25, 0.3) is 0 Å². The molecule has 1 atom stereocenters. The van der Waals surface area contributed by atoms with E-state index in [1.165, 1.54) is 0 Å². The van der Waals surface area contributed by atoms with Gasteiger partial charge in [-0.3, -0.25) is 4.99 Å². The van der Waals surface area contributed by atoms with Crippen molar-refractivity contribution in [1.29, 1.82) is 0 Å². The number of para-hydroxylation sites is 1. The highest BCUT2D eigenvalue weighted by atomic mass is 32.2. The normalized spacial score (nSPS) is 20.5. The molecule has 0 aromatic heterocycles. The second kappa shape index (κ2) is 4.71. The summed E-state index contributed by atoms with van der Waals surface area (Å²) >= 11 is 1.81. The molecule has 0 bridgehead atoms. The molecular weight excluding hydrogens is 204 g/mol. The SMILES string of the molecule is CC(C)C1CSC(Nc2ccccc2)=N1. The highest BCUT2D eigenvalue weighted by Gasteiger charge is 2.20. The molecule has 1 aromatic carbocycles. The van der Waals surface area contributed by atoms with E-state index in [2.05, 4.69) is 36.3 Å². The third kappa shape index (κ3) is 2.75. The predicted molar refractivity (Wildman–Crippen MR) is 68.6 cm³/mol. The Morgan fingerprint density at radius 3 is 2.67 bits per heavy atom. The summed E-state index contributed by atoms with van der Waals surface area (Å²) in [5.41, 5.74) is 1.12. The molecule has 1 aliphatic heterocycles. The maximum absolute atomic E-state index is 4.65. The Morgan fingerprint density at radius 1 is 1.33 bits per heavy atom. The van der Waals surface area contributed by atoms with E-state index in [-0.39, 0.29) is 0 Å². The number of amidine groups is 1. The van der Waals surface area contributed by atoms with E-state index in [1.54, 1.807) is 0 Å². The minimum Gasteiger partial charge on any atom is -0.335 e. The van der Waals surface area contributed by atoms with Crippen molar-refractivity contribution in [2.24, 2.45) is 10.9 Å². The van der Waals surface area contributed by atoms with Crippen LogP contribution in [-0.2, 0) is 0 Å². The number of nitrogens with one attached hydrogen (secondary N) is 1. The second-order valence-corrected chi connectivity index (χ2v) is 5.06. The Bertz CT molecular complexity index is 346. The Labute approximate surface area is 95.2 Å². The number of benzene rings is 1. The van der Waals surface area contributed by atoms with E-state index < -0.39 is 0 Å². The lowest BCUT2D eigenvalue weighted by atomic mass is 10.1. The van der Waals surface area contributed by atoms with E-state index in [0.717, 1.165) is 16.6 Å². The summed E-state index contributed by atoms with van der Waals surface area (Å²) in [6, 6.07) is 10.7. The third-order valence-corrected chi connectivity index (χ3v) is 3.46. The molecular formula is C12H16N2S. The first kappa shape index (κ1) is 10.6. The molecule has 1 N–H and O–H groups in total. The molecule has 0 saturated heterocycles. The lowest BCUT2D eigenvalue weighted by molar-refractivity contribution is 0.543. The number of rotatable bonds is 2. The Morgan fingerprint density at radius 2 is 2.07 bits per heavy atom. The highest BCUT2D eigenvalue weighted by Crippen LogP contribution is 2.24. The fourth-order valence-corrected chi connectivity index (χ4v) is 2.63. The molecule has 2 nitrogen and oxygen atoms in total. The predicted octanol–water partition coefficient (Wildman–Crippen LogP) is 3.23. The Hall–Kier alpha value is -0.960. The van der Waals surface area contributed by atoms with Crippen LogP contribution >= 0.6 is 11.8 Å². The van der Waals surface area contributed by atoms with Gasteiger partial charge in [-0.1, -0.05) is 43.8 Å². The molecule has 0 amide bonds. The number of nitrogens with zero attached hydrogens (tertiary/aromatic N) is 1. The average molecular weight is 220 g/mol. The van der Waals surface area contributed by atoms with Gasteiger partial charge in [0.2, 0.25) is 0 Å². The molecule has 0 radical (unpaired) electrons. The minimum absolute atomic E-state index is 0.473. The van der Waals surface area contributed by atoms with Crippen LogP contribution in [0.1, 0.15) is 13.8 Å².